The van der Waals surface area contributed by atoms with Crippen LogP contribution in [-0.4, -0.2) is 50.9 Å². The maximum Gasteiger partial charge on any atom is 0.408 e. The van der Waals surface area contributed by atoms with E-state index < -0.39 is 29.6 Å². The summed E-state index contributed by atoms with van der Waals surface area (Å²) in [5.74, 6) is -0.581. The molecule has 140 valence electrons. The predicted molar refractivity (Wildman–Crippen MR) is 91.5 cm³/mol. The van der Waals surface area contributed by atoms with Gasteiger partial charge in [-0.2, -0.15) is 0 Å². The van der Waals surface area contributed by atoms with E-state index in [0.29, 0.717) is 12.8 Å². The number of rotatable bonds is 4. The fraction of sp³-hybridized carbons (Fsp3) is 0.611. The zero-order chi connectivity index (χ0) is 18.5. The topological polar surface area (TPSA) is 88.7 Å². The van der Waals surface area contributed by atoms with Gasteiger partial charge in [-0.3, -0.25) is 9.91 Å². The number of halogens is 1. The predicted octanol–water partition coefficient (Wildman–Crippen LogP) is 3.48. The largest absolute Gasteiger partial charge is 0.465 e. The first kappa shape index (κ1) is 17.2. The van der Waals surface area contributed by atoms with E-state index in [1.165, 1.54) is 17.0 Å². The van der Waals surface area contributed by atoms with Crippen molar-refractivity contribution in [3.8, 4) is 0 Å². The smallest absolute Gasteiger partial charge is 0.408 e. The number of benzene rings is 1. The lowest BCUT2D eigenvalue weighted by Crippen LogP contribution is -2.47. The standard InChI is InChI=1S/C18H23FN4O3/c1-18-9-11(10-18)15(23(18)17(25)26)16(24)12-5-4-6-13(14(12)19)20-21-22-7-2-3-8-22/h4-6,11,15-16,24H,2-3,7-10H2,1H3,(H,25,26)/b21-20+/t11?,15-,16+,18?/m0/s1. The Morgan fingerprint density at radius 1 is 1.35 bits per heavy atom. The van der Waals surface area contributed by atoms with Gasteiger partial charge in [-0.25, -0.2) is 9.18 Å². The summed E-state index contributed by atoms with van der Waals surface area (Å²) in [6, 6.07) is 3.99. The van der Waals surface area contributed by atoms with Crippen LogP contribution < -0.4 is 0 Å². The second-order valence-corrected chi connectivity index (χ2v) is 7.78. The molecule has 0 aromatic heterocycles. The first-order valence-electron chi connectivity index (χ1n) is 9.06. The van der Waals surface area contributed by atoms with Crippen molar-refractivity contribution in [2.75, 3.05) is 13.1 Å². The molecule has 1 amide bonds. The number of hydrogen-bond donors (Lipinski definition) is 2. The highest BCUT2D eigenvalue weighted by atomic mass is 19.1. The molecule has 26 heavy (non-hydrogen) atoms. The van der Waals surface area contributed by atoms with Crippen molar-refractivity contribution >= 4 is 11.8 Å². The van der Waals surface area contributed by atoms with Gasteiger partial charge in [0.05, 0.1) is 6.04 Å². The molecule has 2 N–H and O–H groups in total. The second kappa shape index (κ2) is 6.19. The molecule has 2 atom stereocenters. The number of hydrogen-bond acceptors (Lipinski definition) is 4. The van der Waals surface area contributed by atoms with Gasteiger partial charge in [-0.15, -0.1) is 5.11 Å². The SMILES string of the molecule is CC12CC(C1)[C@@H]([C@H](O)c1cccc(/N=N/N3CCCC3)c1F)N2C(=O)O. The molecule has 3 heterocycles. The molecule has 0 spiro atoms. The third kappa shape index (κ3) is 2.63. The molecule has 2 bridgehead atoms. The lowest BCUT2D eigenvalue weighted by molar-refractivity contribution is 0.0499. The van der Waals surface area contributed by atoms with E-state index >= 15 is 0 Å². The third-order valence-corrected chi connectivity index (χ3v) is 5.98. The molecule has 3 aliphatic heterocycles. The molecule has 3 saturated heterocycles. The fourth-order valence-corrected chi connectivity index (χ4v) is 4.76. The van der Waals surface area contributed by atoms with Gasteiger partial charge in [0, 0.05) is 24.2 Å². The Hall–Kier alpha value is -2.22. The van der Waals surface area contributed by atoms with Gasteiger partial charge in [0.15, 0.2) is 5.82 Å². The average Bonchev–Trinajstić information content (AvgIpc) is 3.25. The molecule has 0 unspecified atom stereocenters. The molecule has 0 radical (unpaired) electrons. The van der Waals surface area contributed by atoms with Crippen LogP contribution in [0.4, 0.5) is 14.9 Å². The number of aliphatic hydroxyl groups excluding tert-OH is 1. The highest BCUT2D eigenvalue weighted by Crippen LogP contribution is 2.57. The number of carbonyl (C=O) groups is 1. The number of amides is 1. The van der Waals surface area contributed by atoms with E-state index in [1.54, 1.807) is 11.1 Å². The highest BCUT2D eigenvalue weighted by molar-refractivity contribution is 5.68. The second-order valence-electron chi connectivity index (χ2n) is 7.78. The van der Waals surface area contributed by atoms with Crippen molar-refractivity contribution in [3.63, 3.8) is 0 Å². The minimum Gasteiger partial charge on any atom is -0.465 e. The molecule has 7 nitrogen and oxygen atoms in total. The molecule has 4 aliphatic rings. The van der Waals surface area contributed by atoms with Crippen LogP contribution in [0.15, 0.2) is 28.5 Å². The average molecular weight is 362 g/mol. The van der Waals surface area contributed by atoms with Gasteiger partial charge in [0.2, 0.25) is 0 Å². The summed E-state index contributed by atoms with van der Waals surface area (Å²) >= 11 is 0. The first-order chi connectivity index (χ1) is 12.4. The van der Waals surface area contributed by atoms with Crippen LogP contribution in [0.5, 0.6) is 0 Å². The summed E-state index contributed by atoms with van der Waals surface area (Å²) < 4.78 is 14.9. The number of aliphatic hydroxyl groups is 1. The van der Waals surface area contributed by atoms with Gasteiger partial charge in [0.1, 0.15) is 11.8 Å². The van der Waals surface area contributed by atoms with Crippen molar-refractivity contribution in [1.82, 2.24) is 9.91 Å². The van der Waals surface area contributed by atoms with E-state index in [0.717, 1.165) is 25.9 Å². The van der Waals surface area contributed by atoms with Crippen LogP contribution in [0.25, 0.3) is 0 Å². The molecule has 8 heteroatoms. The number of carboxylic acid groups (broad SMARTS) is 1. The maximum atomic E-state index is 14.9. The van der Waals surface area contributed by atoms with E-state index in [-0.39, 0.29) is 17.2 Å². The van der Waals surface area contributed by atoms with Crippen LogP contribution in [0.1, 0.15) is 44.3 Å². The Morgan fingerprint density at radius 2 is 2.04 bits per heavy atom. The van der Waals surface area contributed by atoms with Crippen LogP contribution in [0, 0.1) is 11.7 Å². The summed E-state index contributed by atoms with van der Waals surface area (Å²) in [5, 5.41) is 30.2. The van der Waals surface area contributed by atoms with Gasteiger partial charge in [-0.1, -0.05) is 17.4 Å². The summed E-state index contributed by atoms with van der Waals surface area (Å²) in [6.45, 7) is 3.49. The van der Waals surface area contributed by atoms with Crippen molar-refractivity contribution in [1.29, 1.82) is 0 Å². The van der Waals surface area contributed by atoms with Gasteiger partial charge in [-0.05, 0) is 44.6 Å². The molecule has 1 aromatic carbocycles. The lowest BCUT2D eigenvalue weighted by Gasteiger charge is -2.37. The Morgan fingerprint density at radius 3 is 2.69 bits per heavy atom. The number of fused-ring (bicyclic) bond motifs is 1. The van der Waals surface area contributed by atoms with Crippen molar-refractivity contribution in [3.05, 3.63) is 29.6 Å². The van der Waals surface area contributed by atoms with Crippen LogP contribution in [-0.2, 0) is 0 Å². The molecule has 1 aromatic rings. The molecule has 1 aliphatic carbocycles. The summed E-state index contributed by atoms with van der Waals surface area (Å²) in [5.41, 5.74) is -0.312. The Balaban J connectivity index is 1.59. The molecular weight excluding hydrogens is 339 g/mol. The minimum absolute atomic E-state index is 0.0559. The first-order valence-corrected chi connectivity index (χ1v) is 9.06. The van der Waals surface area contributed by atoms with E-state index in [4.69, 9.17) is 0 Å². The molecule has 5 rings (SSSR count). The normalized spacial score (nSPS) is 31.5. The lowest BCUT2D eigenvalue weighted by atomic mass is 9.72. The summed E-state index contributed by atoms with van der Waals surface area (Å²) in [6.07, 6.45) is 1.22. The molecular formula is C18H23FN4O3. The Kier molecular flexibility index (Phi) is 4.10. The zero-order valence-electron chi connectivity index (χ0n) is 14.7. The van der Waals surface area contributed by atoms with E-state index in [9.17, 15) is 19.4 Å². The highest BCUT2D eigenvalue weighted by Gasteiger charge is 2.63. The van der Waals surface area contributed by atoms with Crippen molar-refractivity contribution in [2.24, 2.45) is 16.3 Å². The molecule has 1 saturated carbocycles. The quantitative estimate of drug-likeness (QED) is 0.803. The van der Waals surface area contributed by atoms with Crippen LogP contribution >= 0.6 is 0 Å². The van der Waals surface area contributed by atoms with E-state index in [2.05, 4.69) is 10.3 Å². The molecule has 4 fully saturated rings. The van der Waals surface area contributed by atoms with Crippen molar-refractivity contribution < 1.29 is 19.4 Å². The Labute approximate surface area is 151 Å². The Bertz CT molecular complexity index is 744. The number of nitrogens with zero attached hydrogens (tertiary/aromatic N) is 4. The monoisotopic (exact) mass is 362 g/mol. The summed E-state index contributed by atoms with van der Waals surface area (Å²) in [7, 11) is 0. The summed E-state index contributed by atoms with van der Waals surface area (Å²) in [4.78, 5) is 13.0. The fourth-order valence-electron chi connectivity index (χ4n) is 4.76. The van der Waals surface area contributed by atoms with Crippen LogP contribution in [0.3, 0.4) is 0 Å². The van der Waals surface area contributed by atoms with Crippen molar-refractivity contribution in [2.45, 2.75) is 50.3 Å². The van der Waals surface area contributed by atoms with Crippen LogP contribution in [0.2, 0.25) is 0 Å². The third-order valence-electron chi connectivity index (χ3n) is 5.98. The van der Waals surface area contributed by atoms with Gasteiger partial charge < -0.3 is 10.2 Å². The maximum absolute atomic E-state index is 14.9. The minimum atomic E-state index is -1.22. The van der Waals surface area contributed by atoms with E-state index in [1.807, 2.05) is 6.92 Å². The van der Waals surface area contributed by atoms with Gasteiger partial charge in [0.25, 0.3) is 0 Å². The zero-order valence-corrected chi connectivity index (χ0v) is 14.7. The van der Waals surface area contributed by atoms with Gasteiger partial charge >= 0.3 is 6.09 Å².